The third-order valence-electron chi connectivity index (χ3n) is 7.39. The first kappa shape index (κ1) is 15.8. The quantitative estimate of drug-likeness (QED) is 0.839. The van der Waals surface area contributed by atoms with E-state index in [0.717, 1.165) is 19.5 Å². The lowest BCUT2D eigenvalue weighted by molar-refractivity contribution is -0.131. The molecule has 1 saturated heterocycles. The normalized spacial score (nSPS) is 29.1. The van der Waals surface area contributed by atoms with Gasteiger partial charge in [0.15, 0.2) is 0 Å². The maximum Gasteiger partial charge on any atom is 0.222 e. The van der Waals surface area contributed by atoms with E-state index < -0.39 is 0 Å². The topological polar surface area (TPSA) is 51.0 Å². The standard InChI is InChI=1S/C20H30N4O/c25-18(11-15-5-1-2-6-15)23-12-17(20(13-23)9-3-4-10-20)19-22-21-14-24(19)16-7-8-16/h14-17H,1-13H2. The fraction of sp³-hybridized carbons (Fsp3) is 0.850. The zero-order valence-electron chi connectivity index (χ0n) is 15.2. The zero-order chi connectivity index (χ0) is 16.9. The Kier molecular flexibility index (Phi) is 3.86. The number of carbonyl (C=O) groups is 1. The summed E-state index contributed by atoms with van der Waals surface area (Å²) in [6.07, 6.45) is 15.5. The van der Waals surface area contributed by atoms with Crippen LogP contribution in [0.3, 0.4) is 0 Å². The summed E-state index contributed by atoms with van der Waals surface area (Å²) >= 11 is 0. The van der Waals surface area contributed by atoms with Gasteiger partial charge in [-0.1, -0.05) is 25.7 Å². The molecule has 0 N–H and O–H groups in total. The molecule has 3 aliphatic carbocycles. The van der Waals surface area contributed by atoms with Gasteiger partial charge in [-0.3, -0.25) is 4.79 Å². The molecule has 0 aromatic carbocycles. The van der Waals surface area contributed by atoms with Crippen LogP contribution in [0.1, 0.15) is 88.4 Å². The van der Waals surface area contributed by atoms with Gasteiger partial charge in [-0.05, 0) is 49.9 Å². The Balaban J connectivity index is 1.37. The summed E-state index contributed by atoms with van der Waals surface area (Å²) in [4.78, 5) is 15.2. The van der Waals surface area contributed by atoms with E-state index in [9.17, 15) is 4.79 Å². The van der Waals surface area contributed by atoms with E-state index in [2.05, 4.69) is 19.7 Å². The first-order valence-corrected chi connectivity index (χ1v) is 10.4. The van der Waals surface area contributed by atoms with Crippen molar-refractivity contribution in [2.75, 3.05) is 13.1 Å². The van der Waals surface area contributed by atoms with Crippen molar-refractivity contribution in [2.45, 2.75) is 82.6 Å². The highest BCUT2D eigenvalue weighted by Crippen LogP contribution is 2.54. The van der Waals surface area contributed by atoms with Crippen LogP contribution in [0.25, 0.3) is 0 Å². The van der Waals surface area contributed by atoms with Crippen molar-refractivity contribution in [3.05, 3.63) is 12.2 Å². The van der Waals surface area contributed by atoms with Crippen molar-refractivity contribution in [1.82, 2.24) is 19.7 Å². The lowest BCUT2D eigenvalue weighted by Crippen LogP contribution is -2.32. The molecule has 136 valence electrons. The molecule has 5 heteroatoms. The molecule has 25 heavy (non-hydrogen) atoms. The first-order chi connectivity index (χ1) is 12.3. The van der Waals surface area contributed by atoms with Crippen LogP contribution in [0, 0.1) is 11.3 Å². The molecule has 0 radical (unpaired) electrons. The number of hydrogen-bond acceptors (Lipinski definition) is 3. The maximum absolute atomic E-state index is 13.0. The van der Waals surface area contributed by atoms with Gasteiger partial charge in [0, 0.05) is 31.5 Å². The van der Waals surface area contributed by atoms with E-state index in [4.69, 9.17) is 0 Å². The van der Waals surface area contributed by atoms with Crippen LogP contribution in [0.15, 0.2) is 6.33 Å². The summed E-state index contributed by atoms with van der Waals surface area (Å²) < 4.78 is 2.33. The van der Waals surface area contributed by atoms with Gasteiger partial charge in [-0.15, -0.1) is 10.2 Å². The van der Waals surface area contributed by atoms with E-state index in [1.807, 2.05) is 6.33 Å². The highest BCUT2D eigenvalue weighted by Gasteiger charge is 2.52. The molecule has 4 fully saturated rings. The second-order valence-corrected chi connectivity index (χ2v) is 9.08. The SMILES string of the molecule is O=C(CC1CCCC1)N1CC(c2nncn2C2CC2)C2(CCCC2)C1. The number of aromatic nitrogens is 3. The van der Waals surface area contributed by atoms with E-state index in [1.165, 1.54) is 70.0 Å². The van der Waals surface area contributed by atoms with Crippen LogP contribution in [-0.2, 0) is 4.79 Å². The molecule has 1 atom stereocenters. The van der Waals surface area contributed by atoms with Crippen LogP contribution in [-0.4, -0.2) is 38.7 Å². The molecule has 1 aromatic heterocycles. The monoisotopic (exact) mass is 342 g/mol. The number of amides is 1. The molecule has 2 heterocycles. The predicted molar refractivity (Wildman–Crippen MR) is 95.1 cm³/mol. The van der Waals surface area contributed by atoms with Crippen molar-refractivity contribution >= 4 is 5.91 Å². The van der Waals surface area contributed by atoms with Crippen molar-refractivity contribution in [2.24, 2.45) is 11.3 Å². The third kappa shape index (κ3) is 2.80. The van der Waals surface area contributed by atoms with Gasteiger partial charge in [0.05, 0.1) is 0 Å². The molecular formula is C20H30N4O. The van der Waals surface area contributed by atoms with Crippen molar-refractivity contribution in [3.8, 4) is 0 Å². The van der Waals surface area contributed by atoms with Gasteiger partial charge in [-0.25, -0.2) is 0 Å². The minimum Gasteiger partial charge on any atom is -0.341 e. The Morgan fingerprint density at radius 1 is 1.12 bits per heavy atom. The van der Waals surface area contributed by atoms with E-state index in [-0.39, 0.29) is 5.41 Å². The summed E-state index contributed by atoms with van der Waals surface area (Å²) in [5.74, 6) is 2.60. The number of nitrogens with zero attached hydrogens (tertiary/aromatic N) is 4. The Morgan fingerprint density at radius 2 is 1.88 bits per heavy atom. The number of carbonyl (C=O) groups excluding carboxylic acids is 1. The predicted octanol–water partition coefficient (Wildman–Crippen LogP) is 3.68. The number of likely N-dealkylation sites (tertiary alicyclic amines) is 1. The molecule has 0 bridgehead atoms. The molecule has 4 aliphatic rings. The summed E-state index contributed by atoms with van der Waals surface area (Å²) in [7, 11) is 0. The molecular weight excluding hydrogens is 312 g/mol. The molecule has 1 unspecified atom stereocenters. The van der Waals surface area contributed by atoms with Gasteiger partial charge in [0.1, 0.15) is 12.2 Å². The Morgan fingerprint density at radius 3 is 2.60 bits per heavy atom. The molecule has 5 nitrogen and oxygen atoms in total. The van der Waals surface area contributed by atoms with Gasteiger partial charge < -0.3 is 9.47 Å². The molecule has 1 aliphatic heterocycles. The highest BCUT2D eigenvalue weighted by molar-refractivity contribution is 5.77. The number of hydrogen-bond donors (Lipinski definition) is 0. The number of rotatable bonds is 4. The van der Waals surface area contributed by atoms with Crippen molar-refractivity contribution < 1.29 is 4.79 Å². The minimum absolute atomic E-state index is 0.269. The van der Waals surface area contributed by atoms with Crippen molar-refractivity contribution in [3.63, 3.8) is 0 Å². The second kappa shape index (κ2) is 6.10. The van der Waals surface area contributed by atoms with Crippen LogP contribution in [0.4, 0.5) is 0 Å². The maximum atomic E-state index is 13.0. The highest BCUT2D eigenvalue weighted by atomic mass is 16.2. The molecule has 3 saturated carbocycles. The summed E-state index contributed by atoms with van der Waals surface area (Å²) in [6, 6.07) is 0.617. The van der Waals surface area contributed by atoms with Gasteiger partial charge in [0.2, 0.25) is 5.91 Å². The molecule has 1 spiro atoms. The van der Waals surface area contributed by atoms with Crippen molar-refractivity contribution in [1.29, 1.82) is 0 Å². The lowest BCUT2D eigenvalue weighted by Gasteiger charge is -2.29. The second-order valence-electron chi connectivity index (χ2n) is 9.08. The fourth-order valence-electron chi connectivity index (χ4n) is 5.83. The fourth-order valence-corrected chi connectivity index (χ4v) is 5.83. The summed E-state index contributed by atoms with van der Waals surface area (Å²) in [5.41, 5.74) is 0.269. The average Bonchev–Trinajstić information content (AvgIpc) is 3.10. The third-order valence-corrected chi connectivity index (χ3v) is 7.39. The van der Waals surface area contributed by atoms with E-state index >= 15 is 0 Å². The molecule has 1 amide bonds. The smallest absolute Gasteiger partial charge is 0.222 e. The Labute approximate surface area is 150 Å². The molecule has 1 aromatic rings. The van der Waals surface area contributed by atoms with Crippen LogP contribution in [0.2, 0.25) is 0 Å². The van der Waals surface area contributed by atoms with Crippen LogP contribution < -0.4 is 0 Å². The zero-order valence-corrected chi connectivity index (χ0v) is 15.2. The Bertz CT molecular complexity index is 638. The Hall–Kier alpha value is -1.39. The van der Waals surface area contributed by atoms with Gasteiger partial charge >= 0.3 is 0 Å². The van der Waals surface area contributed by atoms with Gasteiger partial charge in [0.25, 0.3) is 0 Å². The lowest BCUT2D eigenvalue weighted by atomic mass is 9.76. The molecule has 5 rings (SSSR count). The first-order valence-electron chi connectivity index (χ1n) is 10.4. The summed E-state index contributed by atoms with van der Waals surface area (Å²) in [5, 5.41) is 8.80. The van der Waals surface area contributed by atoms with E-state index in [0.29, 0.717) is 23.8 Å². The average molecular weight is 342 g/mol. The minimum atomic E-state index is 0.269. The van der Waals surface area contributed by atoms with Gasteiger partial charge in [-0.2, -0.15) is 0 Å². The summed E-state index contributed by atoms with van der Waals surface area (Å²) in [6.45, 7) is 1.83. The van der Waals surface area contributed by atoms with Crippen LogP contribution in [0.5, 0.6) is 0 Å². The van der Waals surface area contributed by atoms with E-state index in [1.54, 1.807) is 0 Å². The largest absolute Gasteiger partial charge is 0.341 e. The van der Waals surface area contributed by atoms with Crippen LogP contribution >= 0.6 is 0 Å².